The van der Waals surface area contributed by atoms with Gasteiger partial charge in [0.05, 0.1) is 6.21 Å². The molecule has 106 valence electrons. The van der Waals surface area contributed by atoms with Gasteiger partial charge in [0.2, 0.25) is 0 Å². The van der Waals surface area contributed by atoms with Crippen molar-refractivity contribution in [2.24, 2.45) is 12.1 Å². The van der Waals surface area contributed by atoms with E-state index < -0.39 is 0 Å². The fourth-order valence-electron chi connectivity index (χ4n) is 1.82. The Hall–Kier alpha value is -3.07. The summed E-state index contributed by atoms with van der Waals surface area (Å²) < 4.78 is 1.77. The van der Waals surface area contributed by atoms with Gasteiger partial charge in [0.1, 0.15) is 11.8 Å². The Bertz CT molecular complexity index is 735. The van der Waals surface area contributed by atoms with Crippen molar-refractivity contribution in [3.63, 3.8) is 0 Å². The molecule has 0 aliphatic rings. The molecule has 0 aliphatic carbocycles. The predicted octanol–water partition coefficient (Wildman–Crippen LogP) is 1.55. The number of hydrazone groups is 1. The summed E-state index contributed by atoms with van der Waals surface area (Å²) in [6.07, 6.45) is 1.52. The minimum Gasteiger partial charge on any atom is -0.399 e. The molecule has 3 N–H and O–H groups in total. The van der Waals surface area contributed by atoms with Crippen LogP contribution in [0.2, 0.25) is 0 Å². The number of nitrogens with two attached hydrogens (primary N) is 1. The zero-order chi connectivity index (χ0) is 15.4. The normalized spacial score (nSPS) is 10.5. The van der Waals surface area contributed by atoms with Crippen LogP contribution in [0.25, 0.3) is 0 Å². The highest BCUT2D eigenvalue weighted by Crippen LogP contribution is 2.11. The quantitative estimate of drug-likeness (QED) is 0.507. The van der Waals surface area contributed by atoms with Crippen molar-refractivity contribution in [3.8, 4) is 6.07 Å². The second-order valence-electron chi connectivity index (χ2n) is 4.56. The highest BCUT2D eigenvalue weighted by atomic mass is 16.2. The van der Waals surface area contributed by atoms with Crippen molar-refractivity contribution < 1.29 is 4.79 Å². The van der Waals surface area contributed by atoms with Crippen LogP contribution in [0.15, 0.2) is 35.4 Å². The van der Waals surface area contributed by atoms with Crippen molar-refractivity contribution in [1.82, 2.24) is 9.99 Å². The third kappa shape index (κ3) is 3.09. The largest absolute Gasteiger partial charge is 0.399 e. The summed E-state index contributed by atoms with van der Waals surface area (Å²) in [7, 11) is 1.80. The molecule has 0 fully saturated rings. The van der Waals surface area contributed by atoms with E-state index in [0.717, 1.165) is 11.3 Å². The van der Waals surface area contributed by atoms with E-state index in [1.165, 1.54) is 6.21 Å². The van der Waals surface area contributed by atoms with E-state index in [1.54, 1.807) is 41.9 Å². The first-order chi connectivity index (χ1) is 10.0. The molecule has 2 aromatic rings. The van der Waals surface area contributed by atoms with Crippen LogP contribution in [0.1, 0.15) is 27.3 Å². The molecule has 6 nitrogen and oxygen atoms in total. The summed E-state index contributed by atoms with van der Waals surface area (Å²) >= 11 is 0. The lowest BCUT2D eigenvalue weighted by atomic mass is 10.2. The summed E-state index contributed by atoms with van der Waals surface area (Å²) in [6, 6.07) is 10.4. The van der Waals surface area contributed by atoms with Gasteiger partial charge in [0.25, 0.3) is 5.91 Å². The molecule has 0 aliphatic heterocycles. The van der Waals surface area contributed by atoms with E-state index in [4.69, 9.17) is 11.0 Å². The van der Waals surface area contributed by atoms with Gasteiger partial charge in [0.15, 0.2) is 0 Å². The third-order valence-electron chi connectivity index (χ3n) is 3.23. The highest BCUT2D eigenvalue weighted by Gasteiger charge is 2.07. The molecular formula is C15H15N5O. The van der Waals surface area contributed by atoms with Crippen LogP contribution in [-0.4, -0.2) is 16.7 Å². The second kappa shape index (κ2) is 5.92. The zero-order valence-corrected chi connectivity index (χ0v) is 11.8. The van der Waals surface area contributed by atoms with Gasteiger partial charge in [-0.3, -0.25) is 4.79 Å². The molecule has 0 bridgehead atoms. The topological polar surface area (TPSA) is 96.2 Å². The molecule has 0 radical (unpaired) electrons. The van der Waals surface area contributed by atoms with E-state index in [-0.39, 0.29) is 5.91 Å². The fourth-order valence-corrected chi connectivity index (χ4v) is 1.82. The molecule has 1 heterocycles. The van der Waals surface area contributed by atoms with Gasteiger partial charge < -0.3 is 10.3 Å². The number of nitriles is 1. The summed E-state index contributed by atoms with van der Waals surface area (Å²) in [6.45, 7) is 1.88. The molecule has 6 heteroatoms. The average molecular weight is 281 g/mol. The number of anilines is 1. The minimum atomic E-state index is -0.319. The Labute approximate surface area is 122 Å². The molecule has 0 spiro atoms. The number of nitrogens with one attached hydrogen (secondary N) is 1. The lowest BCUT2D eigenvalue weighted by Gasteiger charge is -2.00. The first-order valence-corrected chi connectivity index (χ1v) is 6.28. The van der Waals surface area contributed by atoms with Gasteiger partial charge in [-0.1, -0.05) is 0 Å². The van der Waals surface area contributed by atoms with Gasteiger partial charge >= 0.3 is 0 Å². The van der Waals surface area contributed by atoms with E-state index in [2.05, 4.69) is 16.6 Å². The third-order valence-corrected chi connectivity index (χ3v) is 3.23. The molecule has 1 aromatic carbocycles. The molecule has 0 atom stereocenters. The number of hydrogen-bond donors (Lipinski definition) is 2. The number of nitrogen functional groups attached to an aromatic ring is 1. The number of rotatable bonds is 3. The molecule has 0 saturated heterocycles. The first-order valence-electron chi connectivity index (χ1n) is 6.28. The number of nitrogens with zero attached hydrogens (tertiary/aromatic N) is 3. The average Bonchev–Trinajstić information content (AvgIpc) is 2.75. The van der Waals surface area contributed by atoms with Crippen LogP contribution in [-0.2, 0) is 7.05 Å². The van der Waals surface area contributed by atoms with E-state index in [0.29, 0.717) is 16.9 Å². The van der Waals surface area contributed by atoms with Crippen molar-refractivity contribution in [2.45, 2.75) is 6.92 Å². The van der Waals surface area contributed by atoms with Crippen molar-refractivity contribution in [1.29, 1.82) is 5.26 Å². The molecule has 2 rings (SSSR count). The SMILES string of the molecule is Cc1c(/C=N\NC(=O)c2ccc(N)cc2)cc(C#N)n1C. The molecule has 1 amide bonds. The number of carbonyl (C=O) groups is 1. The summed E-state index contributed by atoms with van der Waals surface area (Å²) in [5.41, 5.74) is 11.3. The van der Waals surface area contributed by atoms with Crippen LogP contribution < -0.4 is 11.2 Å². The number of benzene rings is 1. The Balaban J connectivity index is 2.08. The van der Waals surface area contributed by atoms with Gasteiger partial charge in [-0.25, -0.2) is 5.43 Å². The van der Waals surface area contributed by atoms with Gasteiger partial charge in [-0.05, 0) is 37.3 Å². The smallest absolute Gasteiger partial charge is 0.271 e. The van der Waals surface area contributed by atoms with E-state index in [1.807, 2.05) is 6.92 Å². The molecule has 0 saturated carbocycles. The number of amides is 1. The van der Waals surface area contributed by atoms with Gasteiger partial charge in [-0.15, -0.1) is 0 Å². The second-order valence-corrected chi connectivity index (χ2v) is 4.56. The van der Waals surface area contributed by atoms with Crippen molar-refractivity contribution >= 4 is 17.8 Å². The fraction of sp³-hybridized carbons (Fsp3) is 0.133. The van der Waals surface area contributed by atoms with Crippen LogP contribution in [0.3, 0.4) is 0 Å². The van der Waals surface area contributed by atoms with Gasteiger partial charge in [-0.2, -0.15) is 10.4 Å². The van der Waals surface area contributed by atoms with Gasteiger partial charge in [0, 0.05) is 29.6 Å². The molecule has 1 aromatic heterocycles. The standard InChI is InChI=1S/C15H15N5O/c1-10-12(7-14(8-16)20(10)2)9-18-19-15(21)11-3-5-13(17)6-4-11/h3-7,9H,17H2,1-2H3,(H,19,21)/b18-9-. The number of carbonyl (C=O) groups excluding carboxylic acids is 1. The first kappa shape index (κ1) is 14.3. The van der Waals surface area contributed by atoms with Crippen LogP contribution >= 0.6 is 0 Å². The molecular weight excluding hydrogens is 266 g/mol. The maximum absolute atomic E-state index is 11.8. The Morgan fingerprint density at radius 3 is 2.67 bits per heavy atom. The van der Waals surface area contributed by atoms with Crippen LogP contribution in [0, 0.1) is 18.3 Å². The Kier molecular flexibility index (Phi) is 4.05. The predicted molar refractivity (Wildman–Crippen MR) is 80.8 cm³/mol. The van der Waals surface area contributed by atoms with Crippen molar-refractivity contribution in [3.05, 3.63) is 52.8 Å². The Morgan fingerprint density at radius 1 is 1.43 bits per heavy atom. The lowest BCUT2D eigenvalue weighted by molar-refractivity contribution is 0.0955. The highest BCUT2D eigenvalue weighted by molar-refractivity contribution is 5.95. The zero-order valence-electron chi connectivity index (χ0n) is 11.8. The number of hydrogen-bond acceptors (Lipinski definition) is 4. The van der Waals surface area contributed by atoms with E-state index >= 15 is 0 Å². The molecule has 21 heavy (non-hydrogen) atoms. The Morgan fingerprint density at radius 2 is 2.10 bits per heavy atom. The summed E-state index contributed by atoms with van der Waals surface area (Å²) in [5, 5.41) is 12.9. The minimum absolute atomic E-state index is 0.319. The van der Waals surface area contributed by atoms with Crippen molar-refractivity contribution in [2.75, 3.05) is 5.73 Å². The van der Waals surface area contributed by atoms with Crippen LogP contribution in [0.5, 0.6) is 0 Å². The lowest BCUT2D eigenvalue weighted by Crippen LogP contribution is -2.17. The van der Waals surface area contributed by atoms with E-state index in [9.17, 15) is 4.79 Å². The molecule has 0 unspecified atom stereocenters. The summed E-state index contributed by atoms with van der Waals surface area (Å²) in [5.74, 6) is -0.319. The maximum Gasteiger partial charge on any atom is 0.271 e. The maximum atomic E-state index is 11.8. The summed E-state index contributed by atoms with van der Waals surface area (Å²) in [4.78, 5) is 11.8. The number of aromatic nitrogens is 1. The monoisotopic (exact) mass is 281 g/mol. The van der Waals surface area contributed by atoms with Crippen LogP contribution in [0.4, 0.5) is 5.69 Å².